The van der Waals surface area contributed by atoms with Gasteiger partial charge in [-0.15, -0.1) is 0 Å². The third-order valence-electron chi connectivity index (χ3n) is 5.66. The molecule has 1 aromatic carbocycles. The number of pyridine rings is 2. The van der Waals surface area contributed by atoms with Crippen LogP contribution in [0, 0.1) is 12.8 Å². The fourth-order valence-electron chi connectivity index (χ4n) is 4.13. The second-order valence-corrected chi connectivity index (χ2v) is 10.6. The van der Waals surface area contributed by atoms with Gasteiger partial charge in [0.1, 0.15) is 11.9 Å². The van der Waals surface area contributed by atoms with E-state index in [1.54, 1.807) is 19.3 Å². The normalized spacial score (nSPS) is 16.7. The molecule has 1 atom stereocenters. The number of hydrogen-bond acceptors (Lipinski definition) is 6. The summed E-state index contributed by atoms with van der Waals surface area (Å²) in [6.07, 6.45) is 5.22. The highest BCUT2D eigenvalue weighted by Crippen LogP contribution is 2.32. The topological polar surface area (TPSA) is 89.5 Å². The first-order chi connectivity index (χ1) is 15.1. The molecule has 7 nitrogen and oxygen atoms in total. The van der Waals surface area contributed by atoms with Gasteiger partial charge in [-0.05, 0) is 48.4 Å². The number of carbonyl (C=O) groups excluding carboxylic acids is 1. The highest BCUT2D eigenvalue weighted by atomic mass is 32.2. The number of ether oxygens (including phenoxy) is 1. The maximum atomic E-state index is 12.3. The second-order valence-electron chi connectivity index (χ2n) is 8.62. The van der Waals surface area contributed by atoms with Gasteiger partial charge in [-0.25, -0.2) is 13.4 Å². The minimum atomic E-state index is -3.38. The first-order valence-corrected chi connectivity index (χ1v) is 12.5. The lowest BCUT2D eigenvalue weighted by atomic mass is 10.0. The molecule has 1 fully saturated rings. The van der Waals surface area contributed by atoms with Crippen molar-refractivity contribution in [2.45, 2.75) is 38.3 Å². The van der Waals surface area contributed by atoms with Gasteiger partial charge in [-0.3, -0.25) is 9.78 Å². The molecule has 1 aliphatic rings. The van der Waals surface area contributed by atoms with Gasteiger partial charge in [-0.2, -0.15) is 0 Å². The predicted octanol–water partition coefficient (Wildman–Crippen LogP) is 3.64. The summed E-state index contributed by atoms with van der Waals surface area (Å²) in [5.74, 6) is 0.851. The van der Waals surface area contributed by atoms with Gasteiger partial charge >= 0.3 is 0 Å². The molecule has 0 saturated carbocycles. The zero-order valence-electron chi connectivity index (χ0n) is 18.7. The molecule has 0 radical (unpaired) electrons. The number of benzene rings is 1. The molecule has 1 unspecified atom stereocenters. The molecule has 1 amide bonds. The van der Waals surface area contributed by atoms with E-state index in [0.29, 0.717) is 24.4 Å². The van der Waals surface area contributed by atoms with E-state index in [1.165, 1.54) is 0 Å². The highest BCUT2D eigenvalue weighted by Gasteiger charge is 2.28. The summed E-state index contributed by atoms with van der Waals surface area (Å²) in [6.45, 7) is 6.86. The van der Waals surface area contributed by atoms with Gasteiger partial charge in [-0.1, -0.05) is 13.8 Å². The van der Waals surface area contributed by atoms with Crippen molar-refractivity contribution in [3.05, 3.63) is 48.3 Å². The summed E-state index contributed by atoms with van der Waals surface area (Å²) in [5, 5.41) is 0.983. The molecular formula is C24H27N3O4S. The lowest BCUT2D eigenvalue weighted by Crippen LogP contribution is -2.33. The maximum absolute atomic E-state index is 12.3. The molecule has 1 aliphatic heterocycles. The average molecular weight is 454 g/mol. The Kier molecular flexibility index (Phi) is 5.90. The number of aryl methyl sites for hydroxylation is 1. The van der Waals surface area contributed by atoms with E-state index in [1.807, 2.05) is 49.1 Å². The van der Waals surface area contributed by atoms with E-state index in [-0.39, 0.29) is 23.0 Å². The Morgan fingerprint density at radius 2 is 1.97 bits per heavy atom. The zero-order valence-corrected chi connectivity index (χ0v) is 19.5. The van der Waals surface area contributed by atoms with Crippen molar-refractivity contribution in [2.75, 3.05) is 19.3 Å². The maximum Gasteiger partial charge on any atom is 0.225 e. The number of sulfone groups is 1. The smallest absolute Gasteiger partial charge is 0.225 e. The zero-order chi connectivity index (χ0) is 23.0. The van der Waals surface area contributed by atoms with Crippen LogP contribution < -0.4 is 4.74 Å². The van der Waals surface area contributed by atoms with Gasteiger partial charge in [0.05, 0.1) is 12.1 Å². The molecular weight excluding hydrogens is 426 g/mol. The van der Waals surface area contributed by atoms with Gasteiger partial charge < -0.3 is 9.64 Å². The largest absolute Gasteiger partial charge is 0.488 e. The number of amides is 1. The Labute approximate surface area is 188 Å². The molecule has 0 spiro atoms. The van der Waals surface area contributed by atoms with E-state index in [0.717, 1.165) is 34.7 Å². The van der Waals surface area contributed by atoms with Crippen LogP contribution in [0.5, 0.6) is 5.75 Å². The highest BCUT2D eigenvalue weighted by molar-refractivity contribution is 7.90. The van der Waals surface area contributed by atoms with Crippen LogP contribution in [0.2, 0.25) is 0 Å². The second kappa shape index (κ2) is 8.50. The van der Waals surface area contributed by atoms with E-state index in [9.17, 15) is 13.2 Å². The standard InChI is InChI=1S/C24H27N3O4S/c1-15(2)24(28)27-10-8-19(14-27)31-18-5-6-22-21(12-18)20(7-9-25-22)17-11-16(3)23(26-13-17)32(4,29)30/h5-7,9,11-13,15,19H,8,10,14H2,1-4H3. The number of carbonyl (C=O) groups is 1. The fraction of sp³-hybridized carbons (Fsp3) is 0.375. The van der Waals surface area contributed by atoms with Crippen molar-refractivity contribution in [1.29, 1.82) is 0 Å². The number of hydrogen-bond donors (Lipinski definition) is 0. The quantitative estimate of drug-likeness (QED) is 0.586. The Balaban J connectivity index is 1.63. The lowest BCUT2D eigenvalue weighted by Gasteiger charge is -2.19. The van der Waals surface area contributed by atoms with Crippen LogP contribution in [0.3, 0.4) is 0 Å². The first-order valence-electron chi connectivity index (χ1n) is 10.6. The van der Waals surface area contributed by atoms with Crippen molar-refractivity contribution >= 4 is 26.6 Å². The summed E-state index contributed by atoms with van der Waals surface area (Å²) < 4.78 is 30.0. The molecule has 3 aromatic rings. The van der Waals surface area contributed by atoms with Crippen LogP contribution in [-0.2, 0) is 14.6 Å². The number of aromatic nitrogens is 2. The minimum Gasteiger partial charge on any atom is -0.488 e. The number of nitrogens with zero attached hydrogens (tertiary/aromatic N) is 3. The monoisotopic (exact) mass is 453 g/mol. The third kappa shape index (κ3) is 4.46. The predicted molar refractivity (Wildman–Crippen MR) is 123 cm³/mol. The van der Waals surface area contributed by atoms with Crippen LogP contribution in [0.4, 0.5) is 0 Å². The summed E-state index contributed by atoms with van der Waals surface area (Å²) in [4.78, 5) is 22.8. The van der Waals surface area contributed by atoms with E-state index in [4.69, 9.17) is 4.74 Å². The Morgan fingerprint density at radius 1 is 1.19 bits per heavy atom. The van der Waals surface area contributed by atoms with Crippen molar-refractivity contribution in [1.82, 2.24) is 14.9 Å². The van der Waals surface area contributed by atoms with Gasteiger partial charge in [0, 0.05) is 48.5 Å². The molecule has 8 heteroatoms. The van der Waals surface area contributed by atoms with Crippen molar-refractivity contribution in [2.24, 2.45) is 5.92 Å². The van der Waals surface area contributed by atoms with Crippen molar-refractivity contribution in [3.63, 3.8) is 0 Å². The summed E-state index contributed by atoms with van der Waals surface area (Å²) in [5.41, 5.74) is 3.12. The number of likely N-dealkylation sites (tertiary alicyclic amines) is 1. The minimum absolute atomic E-state index is 0.0193. The molecule has 32 heavy (non-hydrogen) atoms. The molecule has 1 saturated heterocycles. The van der Waals surface area contributed by atoms with Crippen LogP contribution in [0.1, 0.15) is 25.8 Å². The Bertz CT molecular complexity index is 1290. The molecule has 3 heterocycles. The number of fused-ring (bicyclic) bond motifs is 1. The molecule has 0 N–H and O–H groups in total. The van der Waals surface area contributed by atoms with Crippen LogP contribution >= 0.6 is 0 Å². The first kappa shape index (κ1) is 22.2. The van der Waals surface area contributed by atoms with Crippen LogP contribution in [0.25, 0.3) is 22.0 Å². The van der Waals surface area contributed by atoms with E-state index < -0.39 is 9.84 Å². The fourth-order valence-corrected chi connectivity index (χ4v) is 5.02. The van der Waals surface area contributed by atoms with E-state index in [2.05, 4.69) is 9.97 Å². The lowest BCUT2D eigenvalue weighted by molar-refractivity contribution is -0.133. The van der Waals surface area contributed by atoms with Crippen molar-refractivity contribution in [3.8, 4) is 16.9 Å². The summed E-state index contributed by atoms with van der Waals surface area (Å²) in [7, 11) is -3.38. The average Bonchev–Trinajstić information content (AvgIpc) is 3.20. The molecule has 0 bridgehead atoms. The van der Waals surface area contributed by atoms with Gasteiger partial charge in [0.2, 0.25) is 5.91 Å². The molecule has 2 aromatic heterocycles. The molecule has 0 aliphatic carbocycles. The van der Waals surface area contributed by atoms with Gasteiger partial charge in [0.25, 0.3) is 0 Å². The number of rotatable bonds is 5. The summed E-state index contributed by atoms with van der Waals surface area (Å²) >= 11 is 0. The third-order valence-corrected chi connectivity index (χ3v) is 6.79. The Hall–Kier alpha value is -3.00. The van der Waals surface area contributed by atoms with Crippen LogP contribution in [-0.4, -0.2) is 54.6 Å². The molecule has 168 valence electrons. The van der Waals surface area contributed by atoms with Gasteiger partial charge in [0.15, 0.2) is 14.9 Å². The molecule has 4 rings (SSSR count). The van der Waals surface area contributed by atoms with Crippen molar-refractivity contribution < 1.29 is 17.9 Å². The van der Waals surface area contributed by atoms with E-state index >= 15 is 0 Å². The summed E-state index contributed by atoms with van der Waals surface area (Å²) in [6, 6.07) is 9.47. The SMILES string of the molecule is Cc1cc(-c2ccnc3ccc(OC4CCN(C(=O)C(C)C)C4)cc23)cnc1S(C)(=O)=O. The Morgan fingerprint density at radius 3 is 2.66 bits per heavy atom. The van der Waals surface area contributed by atoms with Crippen LogP contribution in [0.15, 0.2) is 47.8 Å².